The van der Waals surface area contributed by atoms with Crippen LogP contribution in [0.2, 0.25) is 0 Å². The lowest BCUT2D eigenvalue weighted by Crippen LogP contribution is -2.54. The Balaban J connectivity index is 0.000000257. The van der Waals surface area contributed by atoms with Crippen LogP contribution >= 0.6 is 23.1 Å². The smallest absolute Gasteiger partial charge is 0.352 e. The molecule has 1 saturated heterocycles. The summed E-state index contributed by atoms with van der Waals surface area (Å²) < 4.78 is 4.88. The lowest BCUT2D eigenvalue weighted by atomic mass is 10.1. The van der Waals surface area contributed by atoms with E-state index in [1.165, 1.54) is 42.0 Å². The highest BCUT2D eigenvalue weighted by Gasteiger charge is 2.45. The number of amides is 2. The van der Waals surface area contributed by atoms with E-state index in [-0.39, 0.29) is 41.5 Å². The molecule has 5 N–H and O–H groups in total. The highest BCUT2D eigenvalue weighted by Crippen LogP contribution is 2.39. The van der Waals surface area contributed by atoms with E-state index in [9.17, 15) is 29.1 Å². The first-order chi connectivity index (χ1) is 15.5. The maximum atomic E-state index is 11.5. The number of oxime groups is 1. The summed E-state index contributed by atoms with van der Waals surface area (Å²) in [6, 6.07) is 0. The molecule has 2 amide bonds. The highest BCUT2D eigenvalue weighted by molar-refractivity contribution is 8.00. The number of carboxylic acids is 1. The Kier molecular flexibility index (Phi) is 8.93. The van der Waals surface area contributed by atoms with Crippen LogP contribution < -0.4 is 11.5 Å². The second kappa shape index (κ2) is 11.4. The molecule has 3 heterocycles. The number of hydrogen-bond acceptors (Lipinski definition) is 12. The number of ketones is 1. The molecule has 1 atom stereocenters. The minimum absolute atomic E-state index is 0.0320. The lowest BCUT2D eigenvalue weighted by molar-refractivity contribution is -0.147. The van der Waals surface area contributed by atoms with Gasteiger partial charge < -0.3 is 26.1 Å². The summed E-state index contributed by atoms with van der Waals surface area (Å²) in [7, 11) is 1.32. The zero-order valence-corrected chi connectivity index (χ0v) is 19.2. The first kappa shape index (κ1) is 25.8. The molecular formula is C18H21N5O8S2. The highest BCUT2D eigenvalue weighted by atomic mass is 32.2. The van der Waals surface area contributed by atoms with Crippen molar-refractivity contribution in [2.45, 2.75) is 25.1 Å². The number of carboxylic acid groups (broad SMARTS) is 1. The molecule has 0 radical (unpaired) electrons. The van der Waals surface area contributed by atoms with Gasteiger partial charge in [-0.05, 0) is 6.92 Å². The van der Waals surface area contributed by atoms with Crippen LogP contribution in [0.25, 0.3) is 0 Å². The first-order valence-electron chi connectivity index (χ1n) is 9.21. The van der Waals surface area contributed by atoms with Crippen molar-refractivity contribution < 1.29 is 38.7 Å². The van der Waals surface area contributed by atoms with E-state index in [1.807, 2.05) is 0 Å². The largest absolute Gasteiger partial charge is 0.477 e. The summed E-state index contributed by atoms with van der Waals surface area (Å²) in [5.74, 6) is -2.78. The number of esters is 1. The summed E-state index contributed by atoms with van der Waals surface area (Å²) in [4.78, 5) is 65.1. The number of nitrogens with zero attached hydrogens (tertiary/aromatic N) is 3. The maximum absolute atomic E-state index is 11.5. The molecule has 0 unspecified atom stereocenters. The summed E-state index contributed by atoms with van der Waals surface area (Å²) in [6.45, 7) is 1.06. The van der Waals surface area contributed by atoms with Gasteiger partial charge in [-0.2, -0.15) is 0 Å². The maximum Gasteiger partial charge on any atom is 0.352 e. The Bertz CT molecular complexity index is 1030. The van der Waals surface area contributed by atoms with Crippen molar-refractivity contribution in [1.82, 2.24) is 9.88 Å². The minimum Gasteiger partial charge on any atom is -0.477 e. The van der Waals surface area contributed by atoms with Crippen molar-refractivity contribution in [2.24, 2.45) is 10.9 Å². The first-order valence-corrected chi connectivity index (χ1v) is 11.1. The molecule has 0 saturated carbocycles. The van der Waals surface area contributed by atoms with E-state index in [2.05, 4.69) is 15.0 Å². The molecule has 15 heteroatoms. The summed E-state index contributed by atoms with van der Waals surface area (Å²) in [5.41, 5.74) is 11.0. The summed E-state index contributed by atoms with van der Waals surface area (Å²) >= 11 is 2.64. The molecule has 0 spiro atoms. The Morgan fingerprint density at radius 1 is 1.36 bits per heavy atom. The number of β-lactam (4-membered cyclic amide) rings is 1. The van der Waals surface area contributed by atoms with Crippen molar-refractivity contribution in [3.8, 4) is 0 Å². The molecule has 1 fully saturated rings. The Labute approximate surface area is 195 Å². The van der Waals surface area contributed by atoms with Crippen molar-refractivity contribution in [2.75, 3.05) is 25.2 Å². The fourth-order valence-electron chi connectivity index (χ4n) is 2.72. The molecule has 2 aliphatic rings. The number of carbonyl (C=O) groups excluding carboxylic acids is 4. The third-order valence-corrected chi connectivity index (χ3v) is 6.07. The second-order valence-corrected chi connectivity index (χ2v) is 8.64. The standard InChI is InChI=1S/C12H13NO6S.C6H8N4O2S/c1-6(14)2-10(16)19-4-7-5-20-9-3-8(15)13(9)11(7)12(17)18;1-12-10-4(5(7)11)3-2-13-6(8)9-3/h9H,2-5H2,1H3,(H,17,18);2H,1H3,(H2,7,11)(H2,8,9)/b;10-4-/t9-;/m0./s1. The lowest BCUT2D eigenvalue weighted by Gasteiger charge is -2.43. The average molecular weight is 500 g/mol. The number of anilines is 1. The van der Waals surface area contributed by atoms with E-state index < -0.39 is 17.8 Å². The number of primary amides is 1. The van der Waals surface area contributed by atoms with Gasteiger partial charge in [-0.15, -0.1) is 23.1 Å². The van der Waals surface area contributed by atoms with Crippen LogP contribution in [0.4, 0.5) is 5.13 Å². The number of aromatic nitrogens is 1. The third-order valence-electron chi connectivity index (χ3n) is 4.12. The Morgan fingerprint density at radius 2 is 2.06 bits per heavy atom. The fourth-order valence-corrected chi connectivity index (χ4v) is 4.51. The van der Waals surface area contributed by atoms with Gasteiger partial charge in [0, 0.05) is 16.7 Å². The third kappa shape index (κ3) is 6.76. The van der Waals surface area contributed by atoms with Gasteiger partial charge in [0.25, 0.3) is 5.91 Å². The summed E-state index contributed by atoms with van der Waals surface area (Å²) in [5, 5.41) is 14.4. The molecule has 1 aromatic heterocycles. The molecule has 1 aromatic rings. The normalized spacial score (nSPS) is 17.3. The molecule has 178 valence electrons. The van der Waals surface area contributed by atoms with Gasteiger partial charge in [0.2, 0.25) is 5.91 Å². The van der Waals surface area contributed by atoms with Crippen LogP contribution in [0.5, 0.6) is 0 Å². The summed E-state index contributed by atoms with van der Waals surface area (Å²) in [6.07, 6.45) is -0.00700. The van der Waals surface area contributed by atoms with Crippen molar-refractivity contribution >= 4 is 63.5 Å². The molecule has 2 aliphatic heterocycles. The molecule has 0 bridgehead atoms. The van der Waals surface area contributed by atoms with Crippen LogP contribution in [0.15, 0.2) is 21.8 Å². The molecule has 0 aromatic carbocycles. The van der Waals surface area contributed by atoms with Crippen LogP contribution in [0.1, 0.15) is 25.5 Å². The monoisotopic (exact) mass is 499 g/mol. The van der Waals surface area contributed by atoms with E-state index in [0.717, 1.165) is 0 Å². The van der Waals surface area contributed by atoms with Crippen molar-refractivity contribution in [3.05, 3.63) is 22.3 Å². The second-order valence-electron chi connectivity index (χ2n) is 6.59. The number of nitrogens with two attached hydrogens (primary N) is 2. The quantitative estimate of drug-likeness (QED) is 0.139. The van der Waals surface area contributed by atoms with Gasteiger partial charge in [0.1, 0.15) is 37.3 Å². The van der Waals surface area contributed by atoms with E-state index in [4.69, 9.17) is 16.2 Å². The van der Waals surface area contributed by atoms with Gasteiger partial charge >= 0.3 is 11.9 Å². The molecule has 13 nitrogen and oxygen atoms in total. The Hall–Kier alpha value is -3.46. The SMILES string of the molecule is CC(=O)CC(=O)OCC1=C(C(=O)O)N2C(=O)C[C@@H]2SC1.CO/N=C(\C(N)=O)c1csc(N)n1. The number of carbonyl (C=O) groups is 5. The minimum atomic E-state index is -1.21. The van der Waals surface area contributed by atoms with Gasteiger partial charge in [-0.3, -0.25) is 24.1 Å². The molecule has 3 rings (SSSR count). The van der Waals surface area contributed by atoms with Crippen molar-refractivity contribution in [3.63, 3.8) is 0 Å². The Morgan fingerprint density at radius 3 is 2.55 bits per heavy atom. The molecule has 0 aliphatic carbocycles. The van der Waals surface area contributed by atoms with Crippen LogP contribution in [-0.4, -0.2) is 75.1 Å². The topological polar surface area (TPSA) is 205 Å². The van der Waals surface area contributed by atoms with Gasteiger partial charge in [0.15, 0.2) is 10.8 Å². The molecular weight excluding hydrogens is 478 g/mol. The number of nitrogen functional groups attached to an aromatic ring is 1. The zero-order valence-electron chi connectivity index (χ0n) is 17.6. The predicted molar refractivity (Wildman–Crippen MR) is 118 cm³/mol. The van der Waals surface area contributed by atoms with E-state index >= 15 is 0 Å². The van der Waals surface area contributed by atoms with Gasteiger partial charge in [-0.25, -0.2) is 9.78 Å². The fraction of sp³-hybridized carbons (Fsp3) is 0.389. The van der Waals surface area contributed by atoms with E-state index in [0.29, 0.717) is 28.6 Å². The number of Topliss-reactive ketones (excluding diaryl/α,β-unsaturated/α-hetero) is 1. The number of thioether (sulfide) groups is 1. The average Bonchev–Trinajstić information content (AvgIpc) is 3.15. The number of thiazole rings is 1. The zero-order chi connectivity index (χ0) is 24.7. The van der Waals surface area contributed by atoms with Crippen LogP contribution in [0.3, 0.4) is 0 Å². The number of aliphatic carboxylic acids is 1. The van der Waals surface area contributed by atoms with Crippen LogP contribution in [0, 0.1) is 0 Å². The van der Waals surface area contributed by atoms with Crippen LogP contribution in [-0.2, 0) is 33.5 Å². The predicted octanol–water partition coefficient (Wildman–Crippen LogP) is -0.286. The number of fused-ring (bicyclic) bond motifs is 1. The number of rotatable bonds is 8. The van der Waals surface area contributed by atoms with E-state index in [1.54, 1.807) is 5.38 Å². The molecule has 33 heavy (non-hydrogen) atoms. The number of ether oxygens (including phenoxy) is 1. The van der Waals surface area contributed by atoms with Gasteiger partial charge in [-0.1, -0.05) is 5.16 Å². The van der Waals surface area contributed by atoms with Crippen molar-refractivity contribution in [1.29, 1.82) is 0 Å². The van der Waals surface area contributed by atoms with Gasteiger partial charge in [0.05, 0.1) is 11.8 Å². The number of hydrogen-bond donors (Lipinski definition) is 3.